The highest BCUT2D eigenvalue weighted by molar-refractivity contribution is 7.92. The maximum atomic E-state index is 12.6. The van der Waals surface area contributed by atoms with Gasteiger partial charge in [0.25, 0.3) is 5.91 Å². The van der Waals surface area contributed by atoms with Gasteiger partial charge in [0.1, 0.15) is 0 Å². The molecule has 3 rings (SSSR count). The molecule has 0 atom stereocenters. The fourth-order valence-corrected chi connectivity index (χ4v) is 3.96. The number of hydrogen-bond donors (Lipinski definition) is 1. The van der Waals surface area contributed by atoms with E-state index in [0.29, 0.717) is 12.3 Å². The van der Waals surface area contributed by atoms with E-state index in [9.17, 15) is 18.0 Å². The zero-order valence-electron chi connectivity index (χ0n) is 16.9. The predicted molar refractivity (Wildman–Crippen MR) is 117 cm³/mol. The van der Waals surface area contributed by atoms with Crippen molar-refractivity contribution in [2.75, 3.05) is 29.5 Å². The topological polar surface area (TPSA) is 92.8 Å². The summed E-state index contributed by atoms with van der Waals surface area (Å²) in [6.07, 6.45) is 2.55. The maximum Gasteiger partial charge on any atom is 0.316 e. The van der Waals surface area contributed by atoms with Crippen molar-refractivity contribution in [1.29, 1.82) is 0 Å². The van der Waals surface area contributed by atoms with Crippen molar-refractivity contribution in [2.45, 2.75) is 25.2 Å². The molecule has 1 aliphatic rings. The second kappa shape index (κ2) is 8.28. The lowest BCUT2D eigenvalue weighted by molar-refractivity contribution is -0.146. The zero-order valence-corrected chi connectivity index (χ0v) is 18.5. The Kier molecular flexibility index (Phi) is 6.10. The smallest absolute Gasteiger partial charge is 0.316 e. The van der Waals surface area contributed by atoms with Crippen LogP contribution in [0.5, 0.6) is 0 Å². The lowest BCUT2D eigenvalue weighted by atomic mass is 9.96. The van der Waals surface area contributed by atoms with E-state index in [1.807, 2.05) is 12.1 Å². The van der Waals surface area contributed by atoms with Crippen LogP contribution in [0.4, 0.5) is 11.4 Å². The number of halogens is 1. The van der Waals surface area contributed by atoms with Gasteiger partial charge in [0.15, 0.2) is 0 Å². The largest absolute Gasteiger partial charge is 0.465 e. The van der Waals surface area contributed by atoms with Crippen LogP contribution < -0.4 is 9.62 Å². The van der Waals surface area contributed by atoms with Crippen molar-refractivity contribution < 1.29 is 22.7 Å². The summed E-state index contributed by atoms with van der Waals surface area (Å²) < 4.78 is 29.8. The van der Waals surface area contributed by atoms with Crippen LogP contribution in [0, 0.1) is 0 Å². The summed E-state index contributed by atoms with van der Waals surface area (Å²) in [6.45, 7) is 2.12. The number of hydrogen-bond acceptors (Lipinski definition) is 5. The van der Waals surface area contributed by atoms with E-state index in [4.69, 9.17) is 16.3 Å². The predicted octanol–water partition coefficient (Wildman–Crippen LogP) is 3.58. The van der Waals surface area contributed by atoms with Gasteiger partial charge in [-0.2, -0.15) is 0 Å². The molecule has 0 bridgehead atoms. The van der Waals surface area contributed by atoms with Crippen LogP contribution >= 0.6 is 11.6 Å². The Hall–Kier alpha value is -2.58. The van der Waals surface area contributed by atoms with Gasteiger partial charge in [-0.3, -0.25) is 13.9 Å². The highest BCUT2D eigenvalue weighted by Gasteiger charge is 2.52. The number of carbonyl (C=O) groups is 2. The van der Waals surface area contributed by atoms with Crippen LogP contribution in [0.1, 0.15) is 35.7 Å². The van der Waals surface area contributed by atoms with Crippen molar-refractivity contribution in [1.82, 2.24) is 0 Å². The van der Waals surface area contributed by atoms with Gasteiger partial charge in [-0.05, 0) is 55.7 Å². The first-order chi connectivity index (χ1) is 14.1. The minimum Gasteiger partial charge on any atom is -0.465 e. The van der Waals surface area contributed by atoms with E-state index in [2.05, 4.69) is 5.32 Å². The normalized spacial score (nSPS) is 14.7. The number of benzene rings is 2. The third-order valence-electron chi connectivity index (χ3n) is 5.16. The van der Waals surface area contributed by atoms with Crippen LogP contribution in [-0.2, 0) is 25.0 Å². The molecule has 1 aliphatic carbocycles. The first-order valence-electron chi connectivity index (χ1n) is 9.41. The van der Waals surface area contributed by atoms with Gasteiger partial charge < -0.3 is 10.1 Å². The summed E-state index contributed by atoms with van der Waals surface area (Å²) in [5.74, 6) is -0.625. The Morgan fingerprint density at radius 2 is 1.80 bits per heavy atom. The van der Waals surface area contributed by atoms with E-state index in [-0.39, 0.29) is 22.2 Å². The number of sulfonamides is 1. The van der Waals surface area contributed by atoms with Gasteiger partial charge in [0.2, 0.25) is 10.0 Å². The molecule has 0 aromatic heterocycles. The summed E-state index contributed by atoms with van der Waals surface area (Å²) in [7, 11) is -2.16. The van der Waals surface area contributed by atoms with Crippen LogP contribution in [-0.4, -0.2) is 40.2 Å². The molecule has 0 spiro atoms. The van der Waals surface area contributed by atoms with Crippen molar-refractivity contribution in [3.63, 3.8) is 0 Å². The molecule has 2 aromatic rings. The average Bonchev–Trinajstić information content (AvgIpc) is 3.50. The highest BCUT2D eigenvalue weighted by atomic mass is 35.5. The second-order valence-electron chi connectivity index (χ2n) is 7.23. The van der Waals surface area contributed by atoms with Gasteiger partial charge in [-0.15, -0.1) is 0 Å². The third kappa shape index (κ3) is 4.44. The Morgan fingerprint density at radius 1 is 1.17 bits per heavy atom. The monoisotopic (exact) mass is 450 g/mol. The summed E-state index contributed by atoms with van der Waals surface area (Å²) in [5, 5.41) is 2.99. The number of carbonyl (C=O) groups excluding carboxylic acids is 2. The van der Waals surface area contributed by atoms with Crippen molar-refractivity contribution in [3.8, 4) is 0 Å². The number of ether oxygens (including phenoxy) is 1. The highest BCUT2D eigenvalue weighted by Crippen LogP contribution is 2.49. The molecule has 160 valence electrons. The number of rotatable bonds is 7. The van der Waals surface area contributed by atoms with Gasteiger partial charge in [0.05, 0.1) is 29.0 Å². The molecule has 1 saturated carbocycles. The fraction of sp³-hybridized carbons (Fsp3) is 0.333. The molecule has 0 saturated heterocycles. The molecule has 0 heterocycles. The molecule has 0 aliphatic heterocycles. The van der Waals surface area contributed by atoms with E-state index in [1.165, 1.54) is 25.2 Å². The van der Waals surface area contributed by atoms with Gasteiger partial charge in [-0.25, -0.2) is 8.42 Å². The van der Waals surface area contributed by atoms with Crippen molar-refractivity contribution in [3.05, 3.63) is 58.6 Å². The van der Waals surface area contributed by atoms with Gasteiger partial charge in [-0.1, -0.05) is 23.7 Å². The Labute approximate surface area is 181 Å². The van der Waals surface area contributed by atoms with Crippen molar-refractivity contribution >= 4 is 44.9 Å². The number of anilines is 2. The summed E-state index contributed by atoms with van der Waals surface area (Å²) >= 11 is 6.10. The molecule has 7 nitrogen and oxygen atoms in total. The molecule has 1 N–H and O–H groups in total. The molecule has 30 heavy (non-hydrogen) atoms. The number of esters is 1. The molecular formula is C21H23ClN2O5S. The molecule has 1 amide bonds. The SMILES string of the molecule is CCOC(=O)C1(c2ccc(NC(=O)c3ccc(Cl)c(N(C)S(C)(=O)=O)c3)cc2)CC1. The quantitative estimate of drug-likeness (QED) is 0.651. The lowest BCUT2D eigenvalue weighted by Gasteiger charge is -2.19. The summed E-state index contributed by atoms with van der Waals surface area (Å²) in [5.41, 5.74) is 1.32. The standard InChI is InChI=1S/C21H23ClN2O5S/c1-4-29-20(26)21(11-12-21)15-6-8-16(9-7-15)23-19(25)14-5-10-17(22)18(13-14)24(2)30(3,27)28/h5-10,13H,4,11-12H2,1-3H3,(H,23,25). The lowest BCUT2D eigenvalue weighted by Crippen LogP contribution is -2.25. The molecule has 0 radical (unpaired) electrons. The first kappa shape index (κ1) is 22.1. The molecule has 1 fully saturated rings. The number of nitrogens with one attached hydrogen (secondary N) is 1. The minimum absolute atomic E-state index is 0.215. The Bertz CT molecular complexity index is 1080. The average molecular weight is 451 g/mol. The van der Waals surface area contributed by atoms with Crippen molar-refractivity contribution in [2.24, 2.45) is 0 Å². The fourth-order valence-electron chi connectivity index (χ4n) is 3.15. The second-order valence-corrected chi connectivity index (χ2v) is 9.65. The Balaban J connectivity index is 1.76. The molecule has 2 aromatic carbocycles. The van der Waals surface area contributed by atoms with Crippen LogP contribution in [0.3, 0.4) is 0 Å². The van der Waals surface area contributed by atoms with Gasteiger partial charge in [0, 0.05) is 18.3 Å². The summed E-state index contributed by atoms with van der Waals surface area (Å²) in [4.78, 5) is 24.9. The van der Waals surface area contributed by atoms with E-state index >= 15 is 0 Å². The van der Waals surface area contributed by atoms with Crippen LogP contribution in [0.25, 0.3) is 0 Å². The van der Waals surface area contributed by atoms with E-state index in [0.717, 1.165) is 29.0 Å². The van der Waals surface area contributed by atoms with E-state index in [1.54, 1.807) is 19.1 Å². The minimum atomic E-state index is -3.52. The summed E-state index contributed by atoms with van der Waals surface area (Å²) in [6, 6.07) is 11.5. The van der Waals surface area contributed by atoms with E-state index < -0.39 is 21.3 Å². The molecule has 0 unspecified atom stereocenters. The molecular weight excluding hydrogens is 428 g/mol. The number of nitrogens with zero attached hydrogens (tertiary/aromatic N) is 1. The number of amides is 1. The van der Waals surface area contributed by atoms with Crippen LogP contribution in [0.2, 0.25) is 5.02 Å². The first-order valence-corrected chi connectivity index (χ1v) is 11.6. The zero-order chi connectivity index (χ0) is 22.1. The Morgan fingerprint density at radius 3 is 2.33 bits per heavy atom. The van der Waals surface area contributed by atoms with Crippen LogP contribution in [0.15, 0.2) is 42.5 Å². The third-order valence-corrected chi connectivity index (χ3v) is 6.67. The van der Waals surface area contributed by atoms with Gasteiger partial charge >= 0.3 is 5.97 Å². The maximum absolute atomic E-state index is 12.6. The molecule has 9 heteroatoms.